The fraction of sp³-hybridized carbons (Fsp3) is 0.226. The number of rotatable bonds is 7. The number of carbonyl (C=O) groups excluding carboxylic acids is 1. The average Bonchev–Trinajstić information content (AvgIpc) is 3.36. The summed E-state index contributed by atoms with van der Waals surface area (Å²) in [6.07, 6.45) is 4.07. The maximum atomic E-state index is 13.2. The third kappa shape index (κ3) is 5.65. The Kier molecular flexibility index (Phi) is 7.22. The molecule has 1 aliphatic rings. The van der Waals surface area contributed by atoms with E-state index >= 15 is 0 Å². The average molecular weight is 527 g/mol. The van der Waals surface area contributed by atoms with Crippen LogP contribution in [0.15, 0.2) is 90.0 Å². The van der Waals surface area contributed by atoms with E-state index in [1.165, 1.54) is 17.3 Å². The van der Waals surface area contributed by atoms with Gasteiger partial charge < -0.3 is 9.30 Å². The van der Waals surface area contributed by atoms with Crippen molar-refractivity contribution in [1.29, 1.82) is 0 Å². The lowest BCUT2D eigenvalue weighted by atomic mass is 9.87. The van der Waals surface area contributed by atoms with Crippen molar-refractivity contribution in [3.63, 3.8) is 0 Å². The quantitative estimate of drug-likeness (QED) is 0.185. The summed E-state index contributed by atoms with van der Waals surface area (Å²) in [5.41, 5.74) is 4.58. The van der Waals surface area contributed by atoms with Crippen molar-refractivity contribution in [2.45, 2.75) is 39.3 Å². The third-order valence-electron chi connectivity index (χ3n) is 6.48. The second kappa shape index (κ2) is 10.6. The predicted molar refractivity (Wildman–Crippen MR) is 158 cm³/mol. The van der Waals surface area contributed by atoms with E-state index in [9.17, 15) is 4.79 Å². The van der Waals surface area contributed by atoms with Crippen molar-refractivity contribution in [3.05, 3.63) is 107 Å². The number of hydrogen-bond donors (Lipinski definition) is 0. The number of fused-ring (bicyclic) bond motifs is 1. The molecule has 0 bridgehead atoms. The van der Waals surface area contributed by atoms with Crippen LogP contribution in [0.5, 0.6) is 5.75 Å². The number of aromatic nitrogens is 1. The van der Waals surface area contributed by atoms with E-state index in [0.29, 0.717) is 28.9 Å². The molecule has 37 heavy (non-hydrogen) atoms. The summed E-state index contributed by atoms with van der Waals surface area (Å²) in [5.74, 6) is 0.824. The van der Waals surface area contributed by atoms with Crippen LogP contribution >= 0.6 is 24.0 Å². The molecule has 1 saturated heterocycles. The van der Waals surface area contributed by atoms with Gasteiger partial charge in [0.2, 0.25) is 0 Å². The van der Waals surface area contributed by atoms with E-state index in [0.717, 1.165) is 27.8 Å². The second-order valence-electron chi connectivity index (χ2n) is 10.2. The van der Waals surface area contributed by atoms with Crippen LogP contribution < -0.4 is 4.74 Å². The molecule has 1 amide bonds. The number of thiocarbonyl (C=S) groups is 1. The first kappa shape index (κ1) is 25.3. The lowest BCUT2D eigenvalue weighted by Gasteiger charge is -2.19. The minimum absolute atomic E-state index is 0.0438. The number of benzene rings is 3. The first-order chi connectivity index (χ1) is 17.8. The molecule has 0 saturated carbocycles. The normalized spacial score (nSPS) is 15.2. The summed E-state index contributed by atoms with van der Waals surface area (Å²) in [7, 11) is 0. The van der Waals surface area contributed by atoms with Gasteiger partial charge in [-0.05, 0) is 40.8 Å². The van der Waals surface area contributed by atoms with E-state index < -0.39 is 0 Å². The minimum atomic E-state index is -0.0438. The Morgan fingerprint density at radius 3 is 2.38 bits per heavy atom. The molecule has 1 fully saturated rings. The van der Waals surface area contributed by atoms with E-state index in [1.54, 1.807) is 4.90 Å². The van der Waals surface area contributed by atoms with Gasteiger partial charge in [-0.1, -0.05) is 105 Å². The van der Waals surface area contributed by atoms with Gasteiger partial charge in [0.25, 0.3) is 5.91 Å². The van der Waals surface area contributed by atoms with Crippen LogP contribution in [0.25, 0.3) is 17.0 Å². The molecule has 5 rings (SSSR count). The Morgan fingerprint density at radius 1 is 0.946 bits per heavy atom. The van der Waals surface area contributed by atoms with E-state index in [2.05, 4.69) is 55.8 Å². The lowest BCUT2D eigenvalue weighted by molar-refractivity contribution is -0.122. The molecule has 0 radical (unpaired) electrons. The molecule has 0 atom stereocenters. The number of hydrogen-bond acceptors (Lipinski definition) is 4. The monoisotopic (exact) mass is 526 g/mol. The third-order valence-corrected chi connectivity index (χ3v) is 7.86. The predicted octanol–water partition coefficient (Wildman–Crippen LogP) is 7.42. The summed E-state index contributed by atoms with van der Waals surface area (Å²) < 4.78 is 8.83. The Balaban J connectivity index is 1.32. The van der Waals surface area contributed by atoms with Gasteiger partial charge in [-0.2, -0.15) is 0 Å². The first-order valence-corrected chi connectivity index (χ1v) is 13.6. The molecule has 0 aliphatic carbocycles. The zero-order valence-electron chi connectivity index (χ0n) is 21.3. The van der Waals surface area contributed by atoms with Crippen LogP contribution in [0, 0.1) is 0 Å². The van der Waals surface area contributed by atoms with Crippen molar-refractivity contribution < 1.29 is 9.53 Å². The lowest BCUT2D eigenvalue weighted by Crippen LogP contribution is -2.27. The van der Waals surface area contributed by atoms with Gasteiger partial charge in [0.1, 0.15) is 16.7 Å². The van der Waals surface area contributed by atoms with E-state index in [1.807, 2.05) is 60.7 Å². The number of thioether (sulfide) groups is 1. The molecule has 188 valence electrons. The van der Waals surface area contributed by atoms with Gasteiger partial charge in [0.15, 0.2) is 0 Å². The molecule has 4 aromatic rings. The maximum Gasteiger partial charge on any atom is 0.266 e. The van der Waals surface area contributed by atoms with Crippen molar-refractivity contribution in [3.8, 4) is 5.75 Å². The molecular formula is C31H30N2O2S2. The Labute approximate surface area is 227 Å². The van der Waals surface area contributed by atoms with Crippen molar-refractivity contribution in [1.82, 2.24) is 9.47 Å². The molecule has 6 heteroatoms. The highest BCUT2D eigenvalue weighted by atomic mass is 32.2. The minimum Gasteiger partial charge on any atom is -0.492 e. The molecule has 1 aromatic heterocycles. The largest absolute Gasteiger partial charge is 0.492 e. The topological polar surface area (TPSA) is 34.5 Å². The van der Waals surface area contributed by atoms with Gasteiger partial charge in [0.05, 0.1) is 18.0 Å². The van der Waals surface area contributed by atoms with Crippen molar-refractivity contribution in [2.24, 2.45) is 0 Å². The van der Waals surface area contributed by atoms with Crippen LogP contribution in [-0.2, 0) is 23.3 Å². The molecule has 1 aliphatic heterocycles. The van der Waals surface area contributed by atoms with Gasteiger partial charge in [-0.25, -0.2) is 0 Å². The van der Waals surface area contributed by atoms with E-state index in [-0.39, 0.29) is 11.3 Å². The number of para-hydroxylation sites is 1. The van der Waals surface area contributed by atoms with Crippen LogP contribution in [0.3, 0.4) is 0 Å². The van der Waals surface area contributed by atoms with Crippen LogP contribution in [-0.4, -0.2) is 26.3 Å². The molecule has 3 aromatic carbocycles. The van der Waals surface area contributed by atoms with Gasteiger partial charge >= 0.3 is 0 Å². The maximum absolute atomic E-state index is 13.2. The number of amides is 1. The summed E-state index contributed by atoms with van der Waals surface area (Å²) in [6.45, 7) is 8.35. The molecular weight excluding hydrogens is 496 g/mol. The molecule has 0 unspecified atom stereocenters. The summed E-state index contributed by atoms with van der Waals surface area (Å²) in [6, 6.07) is 26.5. The SMILES string of the molecule is CC(C)(C)c1ccc(OCCn2cc(/C=C3/SC(=S)N(Cc4ccccc4)C3=O)c3ccccc32)cc1. The van der Waals surface area contributed by atoms with Crippen molar-refractivity contribution >= 4 is 51.2 Å². The Bertz CT molecular complexity index is 1460. The number of carbonyl (C=O) groups is 1. The first-order valence-electron chi connectivity index (χ1n) is 12.4. The summed E-state index contributed by atoms with van der Waals surface area (Å²) >= 11 is 6.92. The smallest absolute Gasteiger partial charge is 0.266 e. The Morgan fingerprint density at radius 2 is 1.65 bits per heavy atom. The fourth-order valence-corrected chi connectivity index (χ4v) is 5.68. The Hall–Kier alpha value is -3.35. The highest BCUT2D eigenvalue weighted by Gasteiger charge is 2.32. The summed E-state index contributed by atoms with van der Waals surface area (Å²) in [4.78, 5) is 15.5. The molecule has 0 N–H and O–H groups in total. The van der Waals surface area contributed by atoms with Gasteiger partial charge in [-0.3, -0.25) is 9.69 Å². The molecule has 2 heterocycles. The van der Waals surface area contributed by atoms with Crippen molar-refractivity contribution in [2.75, 3.05) is 6.61 Å². The standard InChI is InChI=1S/C31H30N2O2S2/c1-31(2,3)24-13-15-25(16-14-24)35-18-17-32-21-23(26-11-7-8-12-27(26)32)19-28-29(34)33(30(36)37-28)20-22-9-5-4-6-10-22/h4-16,19,21H,17-18,20H2,1-3H3/b28-19+. The van der Waals surface area contributed by atoms with Gasteiger partial charge in [-0.15, -0.1) is 0 Å². The molecule has 0 spiro atoms. The zero-order chi connectivity index (χ0) is 26.0. The van der Waals surface area contributed by atoms with Crippen LogP contribution in [0.2, 0.25) is 0 Å². The molecule has 4 nitrogen and oxygen atoms in total. The van der Waals surface area contributed by atoms with E-state index in [4.69, 9.17) is 17.0 Å². The highest BCUT2D eigenvalue weighted by Crippen LogP contribution is 2.35. The number of nitrogens with zero attached hydrogens (tertiary/aromatic N) is 2. The highest BCUT2D eigenvalue weighted by molar-refractivity contribution is 8.26. The van der Waals surface area contributed by atoms with Gasteiger partial charge in [0, 0.05) is 22.7 Å². The fourth-order valence-electron chi connectivity index (χ4n) is 4.43. The van der Waals surface area contributed by atoms with Crippen LogP contribution in [0.1, 0.15) is 37.5 Å². The summed E-state index contributed by atoms with van der Waals surface area (Å²) in [5, 5.41) is 1.10. The second-order valence-corrected chi connectivity index (χ2v) is 11.8. The van der Waals surface area contributed by atoms with Crippen LogP contribution in [0.4, 0.5) is 0 Å². The zero-order valence-corrected chi connectivity index (χ0v) is 22.9. The number of ether oxygens (including phenoxy) is 1.